The molecule has 2 rings (SSSR count). The monoisotopic (exact) mass is 258 g/mol. The Labute approximate surface area is 110 Å². The van der Waals surface area contributed by atoms with E-state index in [-0.39, 0.29) is 17.2 Å². The summed E-state index contributed by atoms with van der Waals surface area (Å²) in [7, 11) is 1.62. The predicted molar refractivity (Wildman–Crippen MR) is 72.8 cm³/mol. The minimum absolute atomic E-state index is 0.246. The van der Waals surface area contributed by atoms with Crippen LogP contribution < -0.4 is 10.9 Å². The molecule has 2 aromatic rings. The third-order valence-electron chi connectivity index (χ3n) is 2.54. The maximum absolute atomic E-state index is 11.7. The van der Waals surface area contributed by atoms with E-state index in [9.17, 15) is 9.59 Å². The molecule has 0 aliphatic carbocycles. The molecular formula is C14H14N2O3. The van der Waals surface area contributed by atoms with Crippen molar-refractivity contribution >= 4 is 17.7 Å². The SMILES string of the molecule is Cc1ccc(C=CC(=O)Nc2cccn(C)c2=O)o1. The van der Waals surface area contributed by atoms with Crippen LogP contribution in [-0.2, 0) is 11.8 Å². The van der Waals surface area contributed by atoms with Crippen LogP contribution in [0.3, 0.4) is 0 Å². The van der Waals surface area contributed by atoms with E-state index in [1.165, 1.54) is 10.6 Å². The quantitative estimate of drug-likeness (QED) is 0.856. The van der Waals surface area contributed by atoms with Crippen LogP contribution in [0.1, 0.15) is 11.5 Å². The van der Waals surface area contributed by atoms with Gasteiger partial charge in [0, 0.05) is 19.3 Å². The van der Waals surface area contributed by atoms with E-state index >= 15 is 0 Å². The fourth-order valence-corrected chi connectivity index (χ4v) is 1.57. The molecule has 0 unspecified atom stereocenters. The van der Waals surface area contributed by atoms with Crippen molar-refractivity contribution in [1.29, 1.82) is 0 Å². The molecule has 0 fully saturated rings. The Hall–Kier alpha value is -2.56. The van der Waals surface area contributed by atoms with Crippen molar-refractivity contribution < 1.29 is 9.21 Å². The molecule has 0 saturated heterocycles. The van der Waals surface area contributed by atoms with Crippen LogP contribution in [0.2, 0.25) is 0 Å². The number of furan rings is 1. The van der Waals surface area contributed by atoms with Crippen LogP contribution in [0, 0.1) is 6.92 Å². The highest BCUT2D eigenvalue weighted by Gasteiger charge is 2.03. The van der Waals surface area contributed by atoms with Gasteiger partial charge in [0.25, 0.3) is 5.56 Å². The summed E-state index contributed by atoms with van der Waals surface area (Å²) in [5, 5.41) is 2.53. The van der Waals surface area contributed by atoms with Gasteiger partial charge in [-0.25, -0.2) is 0 Å². The van der Waals surface area contributed by atoms with E-state index in [0.717, 1.165) is 5.76 Å². The van der Waals surface area contributed by atoms with E-state index in [1.54, 1.807) is 37.5 Å². The maximum Gasteiger partial charge on any atom is 0.274 e. The zero-order chi connectivity index (χ0) is 13.8. The molecule has 2 aromatic heterocycles. The lowest BCUT2D eigenvalue weighted by Gasteiger charge is -2.02. The number of hydrogen-bond acceptors (Lipinski definition) is 3. The summed E-state index contributed by atoms with van der Waals surface area (Å²) in [5.74, 6) is 0.989. The number of rotatable bonds is 3. The fourth-order valence-electron chi connectivity index (χ4n) is 1.57. The minimum atomic E-state index is -0.377. The number of anilines is 1. The summed E-state index contributed by atoms with van der Waals surface area (Å²) in [6.45, 7) is 1.82. The highest BCUT2D eigenvalue weighted by atomic mass is 16.3. The normalized spacial score (nSPS) is 10.8. The molecule has 0 atom stereocenters. The third-order valence-corrected chi connectivity index (χ3v) is 2.54. The molecule has 0 aliphatic rings. The summed E-state index contributed by atoms with van der Waals surface area (Å²) in [4.78, 5) is 23.4. The van der Waals surface area contributed by atoms with E-state index in [0.29, 0.717) is 5.76 Å². The predicted octanol–water partition coefficient (Wildman–Crippen LogP) is 1.94. The van der Waals surface area contributed by atoms with E-state index in [4.69, 9.17) is 4.42 Å². The van der Waals surface area contributed by atoms with Gasteiger partial charge in [0.2, 0.25) is 5.91 Å². The van der Waals surface area contributed by atoms with Gasteiger partial charge in [-0.3, -0.25) is 9.59 Å². The molecule has 1 N–H and O–H groups in total. The van der Waals surface area contributed by atoms with Crippen molar-refractivity contribution in [3.05, 3.63) is 58.4 Å². The average Bonchev–Trinajstić information content (AvgIpc) is 2.78. The number of aryl methyl sites for hydroxylation is 2. The largest absolute Gasteiger partial charge is 0.462 e. The lowest BCUT2D eigenvalue weighted by atomic mass is 10.3. The van der Waals surface area contributed by atoms with Crippen LogP contribution in [0.5, 0.6) is 0 Å². The summed E-state index contributed by atoms with van der Waals surface area (Å²) in [6.07, 6.45) is 4.50. The van der Waals surface area contributed by atoms with Crippen molar-refractivity contribution in [3.8, 4) is 0 Å². The molecule has 5 heteroatoms. The van der Waals surface area contributed by atoms with Crippen LogP contribution in [0.15, 0.2) is 45.8 Å². The summed E-state index contributed by atoms with van der Waals surface area (Å²) < 4.78 is 6.69. The third kappa shape index (κ3) is 3.22. The highest BCUT2D eigenvalue weighted by Crippen LogP contribution is 2.08. The van der Waals surface area contributed by atoms with Crippen molar-refractivity contribution in [2.75, 3.05) is 5.32 Å². The molecule has 0 aliphatic heterocycles. The molecule has 0 spiro atoms. The topological polar surface area (TPSA) is 64.2 Å². The Morgan fingerprint density at radius 2 is 2.16 bits per heavy atom. The Bertz CT molecular complexity index is 680. The Morgan fingerprint density at radius 1 is 1.37 bits per heavy atom. The standard InChI is InChI=1S/C14H14N2O3/c1-10-5-6-11(19-10)7-8-13(17)15-12-4-3-9-16(2)14(12)18/h3-9H,1-2H3,(H,15,17). The van der Waals surface area contributed by atoms with Gasteiger partial charge in [-0.2, -0.15) is 0 Å². The Balaban J connectivity index is 2.07. The van der Waals surface area contributed by atoms with E-state index in [1.807, 2.05) is 13.0 Å². The molecule has 0 bridgehead atoms. The molecule has 98 valence electrons. The van der Waals surface area contributed by atoms with Crippen molar-refractivity contribution in [3.63, 3.8) is 0 Å². The second kappa shape index (κ2) is 5.39. The first-order valence-corrected chi connectivity index (χ1v) is 5.77. The van der Waals surface area contributed by atoms with Gasteiger partial charge >= 0.3 is 0 Å². The first kappa shape index (κ1) is 12.9. The van der Waals surface area contributed by atoms with Gasteiger partial charge in [0.15, 0.2) is 0 Å². The number of carbonyl (C=O) groups excluding carboxylic acids is 1. The maximum atomic E-state index is 11.7. The van der Waals surface area contributed by atoms with Gasteiger partial charge in [-0.15, -0.1) is 0 Å². The van der Waals surface area contributed by atoms with Gasteiger partial charge in [0.05, 0.1) is 0 Å². The summed E-state index contributed by atoms with van der Waals surface area (Å²) in [5.41, 5.74) is -0.00614. The van der Waals surface area contributed by atoms with Gasteiger partial charge in [-0.05, 0) is 37.3 Å². The first-order chi connectivity index (χ1) is 9.06. The highest BCUT2D eigenvalue weighted by molar-refractivity contribution is 6.01. The summed E-state index contributed by atoms with van der Waals surface area (Å²) in [6, 6.07) is 6.83. The van der Waals surface area contributed by atoms with Gasteiger partial charge in [-0.1, -0.05) is 0 Å². The van der Waals surface area contributed by atoms with E-state index < -0.39 is 0 Å². The molecule has 5 nitrogen and oxygen atoms in total. The number of aromatic nitrogens is 1. The smallest absolute Gasteiger partial charge is 0.274 e. The molecule has 19 heavy (non-hydrogen) atoms. The second-order valence-corrected chi connectivity index (χ2v) is 4.11. The number of pyridine rings is 1. The molecule has 2 heterocycles. The molecule has 0 radical (unpaired) electrons. The van der Waals surface area contributed by atoms with Crippen LogP contribution in [-0.4, -0.2) is 10.5 Å². The average molecular weight is 258 g/mol. The Kier molecular flexibility index (Phi) is 3.66. The first-order valence-electron chi connectivity index (χ1n) is 5.77. The molecule has 0 saturated carbocycles. The van der Waals surface area contributed by atoms with Crippen LogP contribution >= 0.6 is 0 Å². The summed E-state index contributed by atoms with van der Waals surface area (Å²) >= 11 is 0. The molecule has 1 amide bonds. The number of nitrogens with zero attached hydrogens (tertiary/aromatic N) is 1. The minimum Gasteiger partial charge on any atom is -0.462 e. The second-order valence-electron chi connectivity index (χ2n) is 4.11. The number of hydrogen-bond donors (Lipinski definition) is 1. The van der Waals surface area contributed by atoms with Crippen molar-refractivity contribution in [1.82, 2.24) is 4.57 Å². The lowest BCUT2D eigenvalue weighted by molar-refractivity contribution is -0.111. The molecular weight excluding hydrogens is 244 g/mol. The van der Waals surface area contributed by atoms with Crippen molar-refractivity contribution in [2.24, 2.45) is 7.05 Å². The fraction of sp³-hybridized carbons (Fsp3) is 0.143. The van der Waals surface area contributed by atoms with Crippen molar-refractivity contribution in [2.45, 2.75) is 6.92 Å². The lowest BCUT2D eigenvalue weighted by Crippen LogP contribution is -2.22. The number of nitrogens with one attached hydrogen (secondary N) is 1. The zero-order valence-corrected chi connectivity index (χ0v) is 10.7. The number of carbonyl (C=O) groups is 1. The van der Waals surface area contributed by atoms with Gasteiger partial charge in [0.1, 0.15) is 17.2 Å². The van der Waals surface area contributed by atoms with Crippen LogP contribution in [0.25, 0.3) is 6.08 Å². The van der Waals surface area contributed by atoms with Gasteiger partial charge < -0.3 is 14.3 Å². The number of amides is 1. The molecule has 0 aromatic carbocycles. The zero-order valence-electron chi connectivity index (χ0n) is 10.7. The Morgan fingerprint density at radius 3 is 2.84 bits per heavy atom. The van der Waals surface area contributed by atoms with E-state index in [2.05, 4.69) is 5.32 Å². The van der Waals surface area contributed by atoms with Crippen LogP contribution in [0.4, 0.5) is 5.69 Å².